The smallest absolute Gasteiger partial charge is 0.157 e. The van der Waals surface area contributed by atoms with E-state index >= 15 is 0 Å². The Hall–Kier alpha value is 0.360. The minimum Gasteiger partial charge on any atom is -0.382 e. The molecule has 0 amide bonds. The molecule has 1 fully saturated rings. The third kappa shape index (κ3) is 10.6. The Morgan fingerprint density at radius 3 is 2.40 bits per heavy atom. The first-order valence-corrected chi connectivity index (χ1v) is 6.84. The topological polar surface area (TPSA) is 27.7 Å². The lowest BCUT2D eigenvalue weighted by atomic mass is 10.2. The Labute approximate surface area is 102 Å². The molecule has 0 saturated carbocycles. The van der Waals surface area contributed by atoms with Crippen molar-refractivity contribution in [1.29, 1.82) is 0 Å². The molecule has 0 aromatic heterocycles. The maximum atomic E-state index is 5.36. The first kappa shape index (κ1) is 15.4. The summed E-state index contributed by atoms with van der Waals surface area (Å²) in [5.74, 6) is 0. The zero-order valence-corrected chi connectivity index (χ0v) is 11.4. The predicted molar refractivity (Wildman–Crippen MR) is 65.5 cm³/mol. The van der Waals surface area contributed by atoms with Gasteiger partial charge >= 0.3 is 0 Å². The summed E-state index contributed by atoms with van der Waals surface area (Å²) >= 11 is 3.30. The van der Waals surface area contributed by atoms with E-state index in [1.54, 1.807) is 0 Å². The van der Waals surface area contributed by atoms with Gasteiger partial charge in [0.05, 0.1) is 6.61 Å². The van der Waals surface area contributed by atoms with Crippen LogP contribution in [0.2, 0.25) is 0 Å². The predicted octanol–water partition coefficient (Wildman–Crippen LogP) is 2.97. The van der Waals surface area contributed by atoms with Gasteiger partial charge in [-0.3, -0.25) is 0 Å². The SMILES string of the molecule is BrCCOC1CCCCO1.CCOCC. The fourth-order valence-electron chi connectivity index (χ4n) is 1.22. The van der Waals surface area contributed by atoms with Crippen LogP contribution in [0.15, 0.2) is 0 Å². The lowest BCUT2D eigenvalue weighted by Crippen LogP contribution is -2.22. The fraction of sp³-hybridized carbons (Fsp3) is 1.00. The van der Waals surface area contributed by atoms with Crippen LogP contribution in [0.1, 0.15) is 33.1 Å². The highest BCUT2D eigenvalue weighted by Crippen LogP contribution is 2.13. The summed E-state index contributed by atoms with van der Waals surface area (Å²) in [7, 11) is 0. The summed E-state index contributed by atoms with van der Waals surface area (Å²) in [5, 5.41) is 0.896. The molecule has 92 valence electrons. The minimum absolute atomic E-state index is 0.0753. The average Bonchev–Trinajstić information content (AvgIpc) is 2.30. The molecular weight excluding hydrogens is 260 g/mol. The summed E-state index contributed by atoms with van der Waals surface area (Å²) in [6.45, 7) is 7.29. The molecule has 1 aliphatic rings. The van der Waals surface area contributed by atoms with Crippen molar-refractivity contribution in [2.24, 2.45) is 0 Å². The highest BCUT2D eigenvalue weighted by atomic mass is 79.9. The number of rotatable bonds is 5. The molecule has 3 nitrogen and oxygen atoms in total. The van der Waals surface area contributed by atoms with E-state index in [1.807, 2.05) is 13.8 Å². The molecule has 4 heteroatoms. The van der Waals surface area contributed by atoms with Gasteiger partial charge in [-0.25, -0.2) is 0 Å². The molecular formula is C11H23BrO3. The van der Waals surface area contributed by atoms with Crippen molar-refractivity contribution in [1.82, 2.24) is 0 Å². The molecule has 0 aromatic rings. The quantitative estimate of drug-likeness (QED) is 0.726. The highest BCUT2D eigenvalue weighted by molar-refractivity contribution is 9.09. The summed E-state index contributed by atoms with van der Waals surface area (Å²) < 4.78 is 15.5. The Kier molecular flexibility index (Phi) is 12.7. The van der Waals surface area contributed by atoms with Crippen molar-refractivity contribution in [3.05, 3.63) is 0 Å². The Balaban J connectivity index is 0.000000336. The van der Waals surface area contributed by atoms with Crippen LogP contribution in [0.25, 0.3) is 0 Å². The number of hydrogen-bond donors (Lipinski definition) is 0. The van der Waals surface area contributed by atoms with Gasteiger partial charge in [0, 0.05) is 25.2 Å². The van der Waals surface area contributed by atoms with Crippen molar-refractivity contribution in [2.45, 2.75) is 39.4 Å². The molecule has 1 unspecified atom stereocenters. The molecule has 1 aliphatic heterocycles. The van der Waals surface area contributed by atoms with Crippen molar-refractivity contribution >= 4 is 15.9 Å². The first-order chi connectivity index (χ1) is 7.35. The Bertz CT molecular complexity index is 114. The van der Waals surface area contributed by atoms with Crippen LogP contribution in [-0.2, 0) is 14.2 Å². The van der Waals surface area contributed by atoms with Crippen LogP contribution in [0.5, 0.6) is 0 Å². The summed E-state index contributed by atoms with van der Waals surface area (Å²) in [5.41, 5.74) is 0. The van der Waals surface area contributed by atoms with E-state index in [0.717, 1.165) is 38.2 Å². The van der Waals surface area contributed by atoms with Gasteiger partial charge in [0.2, 0.25) is 0 Å². The summed E-state index contributed by atoms with van der Waals surface area (Å²) in [6.07, 6.45) is 3.57. The van der Waals surface area contributed by atoms with E-state index in [9.17, 15) is 0 Å². The second kappa shape index (κ2) is 12.4. The van der Waals surface area contributed by atoms with Gasteiger partial charge in [0.15, 0.2) is 6.29 Å². The number of halogens is 1. The fourth-order valence-corrected chi connectivity index (χ4v) is 1.41. The summed E-state index contributed by atoms with van der Waals surface area (Å²) in [6, 6.07) is 0. The van der Waals surface area contributed by atoms with Crippen molar-refractivity contribution < 1.29 is 14.2 Å². The number of alkyl halides is 1. The molecule has 0 bridgehead atoms. The van der Waals surface area contributed by atoms with E-state index in [4.69, 9.17) is 14.2 Å². The van der Waals surface area contributed by atoms with Crippen LogP contribution in [-0.4, -0.2) is 38.0 Å². The van der Waals surface area contributed by atoms with Crippen LogP contribution < -0.4 is 0 Å². The third-order valence-electron chi connectivity index (χ3n) is 1.93. The van der Waals surface area contributed by atoms with Gasteiger partial charge < -0.3 is 14.2 Å². The molecule has 1 atom stereocenters. The van der Waals surface area contributed by atoms with E-state index < -0.39 is 0 Å². The zero-order valence-electron chi connectivity index (χ0n) is 9.84. The maximum absolute atomic E-state index is 5.36. The van der Waals surface area contributed by atoms with Gasteiger partial charge in [-0.15, -0.1) is 0 Å². The molecule has 0 N–H and O–H groups in total. The van der Waals surface area contributed by atoms with Crippen LogP contribution in [0, 0.1) is 0 Å². The van der Waals surface area contributed by atoms with Crippen LogP contribution >= 0.6 is 15.9 Å². The van der Waals surface area contributed by atoms with Gasteiger partial charge in [-0.05, 0) is 33.1 Å². The van der Waals surface area contributed by atoms with Crippen molar-refractivity contribution in [3.8, 4) is 0 Å². The molecule has 1 heterocycles. The van der Waals surface area contributed by atoms with Gasteiger partial charge in [0.1, 0.15) is 0 Å². The summed E-state index contributed by atoms with van der Waals surface area (Å²) in [4.78, 5) is 0. The normalized spacial score (nSPS) is 20.6. The minimum atomic E-state index is 0.0753. The van der Waals surface area contributed by atoms with E-state index in [1.165, 1.54) is 12.8 Å². The number of ether oxygens (including phenoxy) is 3. The average molecular weight is 283 g/mol. The lowest BCUT2D eigenvalue weighted by Gasteiger charge is -2.22. The molecule has 15 heavy (non-hydrogen) atoms. The standard InChI is InChI=1S/C7H13BrO2.C4H10O/c8-4-6-10-7-3-1-2-5-9-7;1-3-5-4-2/h7H,1-6H2;3-4H2,1-2H3. The highest BCUT2D eigenvalue weighted by Gasteiger charge is 2.12. The van der Waals surface area contributed by atoms with Crippen LogP contribution in [0.4, 0.5) is 0 Å². The molecule has 0 spiro atoms. The monoisotopic (exact) mass is 282 g/mol. The molecule has 0 radical (unpaired) electrons. The zero-order chi connectivity index (χ0) is 11.4. The lowest BCUT2D eigenvalue weighted by molar-refractivity contribution is -0.158. The molecule has 0 aromatic carbocycles. The second-order valence-corrected chi connectivity index (χ2v) is 3.93. The van der Waals surface area contributed by atoms with E-state index in [-0.39, 0.29) is 6.29 Å². The van der Waals surface area contributed by atoms with Gasteiger partial charge in [0.25, 0.3) is 0 Å². The molecule has 1 rings (SSSR count). The van der Waals surface area contributed by atoms with Crippen LogP contribution in [0.3, 0.4) is 0 Å². The third-order valence-corrected chi connectivity index (χ3v) is 2.25. The second-order valence-electron chi connectivity index (χ2n) is 3.14. The van der Waals surface area contributed by atoms with E-state index in [0.29, 0.717) is 0 Å². The molecule has 0 aliphatic carbocycles. The largest absolute Gasteiger partial charge is 0.382 e. The van der Waals surface area contributed by atoms with E-state index in [2.05, 4.69) is 15.9 Å². The first-order valence-electron chi connectivity index (χ1n) is 5.72. The Morgan fingerprint density at radius 1 is 1.27 bits per heavy atom. The van der Waals surface area contributed by atoms with Crippen molar-refractivity contribution in [2.75, 3.05) is 31.8 Å². The van der Waals surface area contributed by atoms with Crippen molar-refractivity contribution in [3.63, 3.8) is 0 Å². The number of hydrogen-bond acceptors (Lipinski definition) is 3. The Morgan fingerprint density at radius 2 is 2.00 bits per heavy atom. The maximum Gasteiger partial charge on any atom is 0.157 e. The van der Waals surface area contributed by atoms with Gasteiger partial charge in [-0.2, -0.15) is 0 Å². The van der Waals surface area contributed by atoms with Gasteiger partial charge in [-0.1, -0.05) is 15.9 Å². The molecule has 1 saturated heterocycles.